The van der Waals surface area contributed by atoms with Crippen molar-refractivity contribution in [2.75, 3.05) is 26.1 Å². The molecule has 2 aromatic rings. The van der Waals surface area contributed by atoms with Gasteiger partial charge >= 0.3 is 0 Å². The van der Waals surface area contributed by atoms with Crippen LogP contribution in [0.4, 0.5) is 11.4 Å². The van der Waals surface area contributed by atoms with E-state index in [0.29, 0.717) is 23.7 Å². The molecule has 6 heteroatoms. The Morgan fingerprint density at radius 1 is 1.08 bits per heavy atom. The molecule has 24 heavy (non-hydrogen) atoms. The summed E-state index contributed by atoms with van der Waals surface area (Å²) in [6.45, 7) is 2.75. The maximum Gasteiger partial charge on any atom is 0.269 e. The van der Waals surface area contributed by atoms with Crippen LogP contribution in [-0.4, -0.2) is 31.7 Å². The van der Waals surface area contributed by atoms with E-state index in [4.69, 9.17) is 9.47 Å². The van der Waals surface area contributed by atoms with Crippen molar-refractivity contribution in [2.24, 2.45) is 0 Å². The molecule has 0 radical (unpaired) electrons. The summed E-state index contributed by atoms with van der Waals surface area (Å²) in [5.41, 5.74) is 2.03. The summed E-state index contributed by atoms with van der Waals surface area (Å²) >= 11 is 0. The first kappa shape index (κ1) is 17.6. The minimum Gasteiger partial charge on any atom is -0.493 e. The lowest BCUT2D eigenvalue weighted by molar-refractivity contribution is 0.0948. The monoisotopic (exact) mass is 329 g/mol. The van der Waals surface area contributed by atoms with Crippen molar-refractivity contribution in [3.63, 3.8) is 0 Å². The van der Waals surface area contributed by atoms with Gasteiger partial charge in [0.2, 0.25) is 0 Å². The number of hydrogen-bond acceptors (Lipinski definition) is 5. The first-order valence-electron chi connectivity index (χ1n) is 7.91. The standard InChI is InChI=1S/C18H23N3O3/c1-4-5-10-19-18(22)15-8-6-14(12-20-15)21-13-7-9-16(23-2)17(11-13)24-3/h6-9,11-12,21H,4-5,10H2,1-3H3,(H,19,22). The molecule has 0 saturated carbocycles. The number of nitrogens with one attached hydrogen (secondary N) is 2. The molecule has 2 N–H and O–H groups in total. The molecule has 0 aliphatic carbocycles. The molecule has 0 saturated heterocycles. The van der Waals surface area contributed by atoms with Crippen molar-refractivity contribution in [3.8, 4) is 11.5 Å². The molecule has 0 atom stereocenters. The summed E-state index contributed by atoms with van der Waals surface area (Å²) in [5.74, 6) is 1.16. The Hall–Kier alpha value is -2.76. The lowest BCUT2D eigenvalue weighted by atomic mass is 10.2. The first-order chi connectivity index (χ1) is 11.7. The van der Waals surface area contributed by atoms with Crippen LogP contribution < -0.4 is 20.1 Å². The molecule has 1 aromatic heterocycles. The van der Waals surface area contributed by atoms with Crippen LogP contribution in [0.1, 0.15) is 30.3 Å². The van der Waals surface area contributed by atoms with Crippen molar-refractivity contribution < 1.29 is 14.3 Å². The summed E-state index contributed by atoms with van der Waals surface area (Å²) in [6, 6.07) is 9.06. The quantitative estimate of drug-likeness (QED) is 0.727. The summed E-state index contributed by atoms with van der Waals surface area (Å²) in [5, 5.41) is 6.06. The summed E-state index contributed by atoms with van der Waals surface area (Å²) in [6.07, 6.45) is 3.64. The topological polar surface area (TPSA) is 72.5 Å². The fraction of sp³-hybridized carbons (Fsp3) is 0.333. The SMILES string of the molecule is CCCCNC(=O)c1ccc(Nc2ccc(OC)c(OC)c2)cn1. The molecular weight excluding hydrogens is 306 g/mol. The van der Waals surface area contributed by atoms with Gasteiger partial charge in [-0.2, -0.15) is 0 Å². The molecular formula is C18H23N3O3. The Kier molecular flexibility index (Phi) is 6.42. The van der Waals surface area contributed by atoms with Crippen molar-refractivity contribution in [2.45, 2.75) is 19.8 Å². The van der Waals surface area contributed by atoms with Gasteiger partial charge in [0.1, 0.15) is 5.69 Å². The second kappa shape index (κ2) is 8.76. The van der Waals surface area contributed by atoms with Gasteiger partial charge in [-0.05, 0) is 30.7 Å². The average Bonchev–Trinajstić information content (AvgIpc) is 2.62. The van der Waals surface area contributed by atoms with Crippen molar-refractivity contribution in [3.05, 3.63) is 42.2 Å². The van der Waals surface area contributed by atoms with Crippen LogP contribution in [0.2, 0.25) is 0 Å². The van der Waals surface area contributed by atoms with Crippen molar-refractivity contribution in [1.29, 1.82) is 0 Å². The predicted molar refractivity (Wildman–Crippen MR) is 94.3 cm³/mol. The molecule has 128 valence electrons. The third-order valence-electron chi connectivity index (χ3n) is 3.48. The minimum atomic E-state index is -0.152. The number of benzene rings is 1. The minimum absolute atomic E-state index is 0.152. The summed E-state index contributed by atoms with van der Waals surface area (Å²) in [4.78, 5) is 16.1. The molecule has 1 aromatic carbocycles. The van der Waals surface area contributed by atoms with E-state index in [-0.39, 0.29) is 5.91 Å². The molecule has 0 aliphatic rings. The van der Waals surface area contributed by atoms with E-state index >= 15 is 0 Å². The zero-order chi connectivity index (χ0) is 17.4. The van der Waals surface area contributed by atoms with E-state index in [9.17, 15) is 4.79 Å². The van der Waals surface area contributed by atoms with Gasteiger partial charge in [-0.1, -0.05) is 13.3 Å². The lowest BCUT2D eigenvalue weighted by Crippen LogP contribution is -2.25. The van der Waals surface area contributed by atoms with Crippen molar-refractivity contribution >= 4 is 17.3 Å². The zero-order valence-electron chi connectivity index (χ0n) is 14.3. The van der Waals surface area contributed by atoms with E-state index in [1.54, 1.807) is 26.5 Å². The second-order valence-electron chi connectivity index (χ2n) is 5.24. The van der Waals surface area contributed by atoms with E-state index in [1.165, 1.54) is 0 Å². The highest BCUT2D eigenvalue weighted by Gasteiger charge is 2.07. The lowest BCUT2D eigenvalue weighted by Gasteiger charge is -2.11. The number of amides is 1. The average molecular weight is 329 g/mol. The number of methoxy groups -OCH3 is 2. The Balaban J connectivity index is 2.02. The molecule has 1 amide bonds. The van der Waals surface area contributed by atoms with Gasteiger partial charge in [-0.15, -0.1) is 0 Å². The van der Waals surface area contributed by atoms with Gasteiger partial charge in [0.05, 0.1) is 26.1 Å². The van der Waals surface area contributed by atoms with Gasteiger partial charge < -0.3 is 20.1 Å². The largest absolute Gasteiger partial charge is 0.493 e. The van der Waals surface area contributed by atoms with Crippen LogP contribution in [-0.2, 0) is 0 Å². The van der Waals surface area contributed by atoms with E-state index < -0.39 is 0 Å². The number of ether oxygens (including phenoxy) is 2. The van der Waals surface area contributed by atoms with Crippen molar-refractivity contribution in [1.82, 2.24) is 10.3 Å². The zero-order valence-corrected chi connectivity index (χ0v) is 14.3. The second-order valence-corrected chi connectivity index (χ2v) is 5.24. The first-order valence-corrected chi connectivity index (χ1v) is 7.91. The molecule has 0 fully saturated rings. The number of carbonyl (C=O) groups excluding carboxylic acids is 1. The number of hydrogen-bond donors (Lipinski definition) is 2. The molecule has 0 bridgehead atoms. The van der Waals surface area contributed by atoms with Crippen LogP contribution in [0.3, 0.4) is 0 Å². The van der Waals surface area contributed by atoms with Crippen LogP contribution >= 0.6 is 0 Å². The Labute approximate surface area is 142 Å². The van der Waals surface area contributed by atoms with Gasteiger partial charge in [-0.25, -0.2) is 4.98 Å². The summed E-state index contributed by atoms with van der Waals surface area (Å²) < 4.78 is 10.5. The molecule has 0 aliphatic heterocycles. The van der Waals surface area contributed by atoms with Crippen LogP contribution in [0.5, 0.6) is 11.5 Å². The third kappa shape index (κ3) is 4.62. The molecule has 0 spiro atoms. The number of pyridine rings is 1. The molecule has 0 unspecified atom stereocenters. The fourth-order valence-electron chi connectivity index (χ4n) is 2.15. The molecule has 1 heterocycles. The maximum atomic E-state index is 11.9. The van der Waals surface area contributed by atoms with E-state index in [1.807, 2.05) is 24.3 Å². The number of aromatic nitrogens is 1. The maximum absolute atomic E-state index is 11.9. The highest BCUT2D eigenvalue weighted by molar-refractivity contribution is 5.92. The number of nitrogens with zero attached hydrogens (tertiary/aromatic N) is 1. The Morgan fingerprint density at radius 3 is 2.46 bits per heavy atom. The van der Waals surface area contributed by atoms with Crippen LogP contribution in [0, 0.1) is 0 Å². The number of carbonyl (C=O) groups is 1. The highest BCUT2D eigenvalue weighted by Crippen LogP contribution is 2.30. The van der Waals surface area contributed by atoms with Gasteiger partial charge in [0.15, 0.2) is 11.5 Å². The number of rotatable bonds is 8. The normalized spacial score (nSPS) is 10.1. The van der Waals surface area contributed by atoms with E-state index in [2.05, 4.69) is 22.5 Å². The van der Waals surface area contributed by atoms with Gasteiger partial charge in [0.25, 0.3) is 5.91 Å². The Morgan fingerprint density at radius 2 is 1.83 bits per heavy atom. The highest BCUT2D eigenvalue weighted by atomic mass is 16.5. The van der Waals surface area contributed by atoms with Gasteiger partial charge in [0, 0.05) is 18.3 Å². The number of anilines is 2. The molecule has 6 nitrogen and oxygen atoms in total. The Bertz CT molecular complexity index is 672. The summed E-state index contributed by atoms with van der Waals surface area (Å²) in [7, 11) is 3.19. The number of unbranched alkanes of at least 4 members (excludes halogenated alkanes) is 1. The van der Waals surface area contributed by atoms with Crippen LogP contribution in [0.25, 0.3) is 0 Å². The molecule has 2 rings (SSSR count). The van der Waals surface area contributed by atoms with Gasteiger partial charge in [-0.3, -0.25) is 4.79 Å². The smallest absolute Gasteiger partial charge is 0.269 e. The predicted octanol–water partition coefficient (Wildman–Crippen LogP) is 3.37. The van der Waals surface area contributed by atoms with E-state index in [0.717, 1.165) is 24.2 Å². The fourth-order valence-corrected chi connectivity index (χ4v) is 2.15. The third-order valence-corrected chi connectivity index (χ3v) is 3.48. The van der Waals surface area contributed by atoms with Crippen LogP contribution in [0.15, 0.2) is 36.5 Å².